The Bertz CT molecular complexity index is 426. The molecule has 0 saturated carbocycles. The summed E-state index contributed by atoms with van der Waals surface area (Å²) in [5.74, 6) is 1.21. The second-order valence-corrected chi connectivity index (χ2v) is 6.97. The summed E-state index contributed by atoms with van der Waals surface area (Å²) in [4.78, 5) is 11.7. The summed E-state index contributed by atoms with van der Waals surface area (Å²) in [6.07, 6.45) is 7.05. The number of thioether (sulfide) groups is 1. The molecule has 0 unspecified atom stereocenters. The van der Waals surface area contributed by atoms with Gasteiger partial charge in [-0.25, -0.2) is 4.79 Å². The summed E-state index contributed by atoms with van der Waals surface area (Å²) >= 11 is 1.96. The molecule has 0 spiro atoms. The first-order valence-electron chi connectivity index (χ1n) is 6.71. The first-order valence-corrected chi connectivity index (χ1v) is 7.69. The number of nitrogens with one attached hydrogen (secondary N) is 2. The molecule has 2 N–H and O–H groups in total. The van der Waals surface area contributed by atoms with Gasteiger partial charge in [0.2, 0.25) is 0 Å². The zero-order valence-electron chi connectivity index (χ0n) is 11.6. The molecule has 106 valence electrons. The van der Waals surface area contributed by atoms with Gasteiger partial charge in [-0.05, 0) is 37.5 Å². The predicted octanol–water partition coefficient (Wildman–Crippen LogP) is 1.55. The Hall–Kier alpha value is -1.17. The summed E-state index contributed by atoms with van der Waals surface area (Å²) in [7, 11) is 1.89. The topological polar surface area (TPSA) is 59.0 Å². The van der Waals surface area contributed by atoms with Crippen LogP contribution in [0.1, 0.15) is 25.3 Å². The maximum atomic E-state index is 11.7. The van der Waals surface area contributed by atoms with Crippen molar-refractivity contribution in [3.8, 4) is 0 Å². The number of rotatable bonds is 5. The second kappa shape index (κ2) is 6.32. The fraction of sp³-hybridized carbons (Fsp3) is 0.692. The number of aromatic nitrogens is 2. The van der Waals surface area contributed by atoms with Crippen LogP contribution >= 0.6 is 11.8 Å². The standard InChI is InChI=1S/C13H22N4OS/c1-13(5-3-7-19-13)10-15-12(18)14-6-4-11-8-16-17(2)9-11/h8-9H,3-7,10H2,1-2H3,(H2,14,15,18)/t13-/m1/s1. The number of nitrogens with zero attached hydrogens (tertiary/aromatic N) is 2. The largest absolute Gasteiger partial charge is 0.338 e. The molecule has 1 fully saturated rings. The molecule has 0 radical (unpaired) electrons. The third-order valence-electron chi connectivity index (χ3n) is 3.38. The van der Waals surface area contributed by atoms with Crippen molar-refractivity contribution < 1.29 is 4.79 Å². The molecule has 19 heavy (non-hydrogen) atoms. The Morgan fingerprint density at radius 1 is 1.58 bits per heavy atom. The zero-order chi connectivity index (χ0) is 13.7. The van der Waals surface area contributed by atoms with Gasteiger partial charge < -0.3 is 10.6 Å². The van der Waals surface area contributed by atoms with E-state index in [2.05, 4.69) is 22.7 Å². The van der Waals surface area contributed by atoms with Crippen LogP contribution in [0.5, 0.6) is 0 Å². The van der Waals surface area contributed by atoms with Gasteiger partial charge >= 0.3 is 6.03 Å². The molecule has 6 heteroatoms. The van der Waals surface area contributed by atoms with E-state index in [9.17, 15) is 4.79 Å². The van der Waals surface area contributed by atoms with E-state index in [1.165, 1.54) is 18.6 Å². The summed E-state index contributed by atoms with van der Waals surface area (Å²) in [6, 6.07) is -0.0717. The summed E-state index contributed by atoms with van der Waals surface area (Å²) in [6.45, 7) is 3.61. The van der Waals surface area contributed by atoms with Crippen molar-refractivity contribution in [2.75, 3.05) is 18.8 Å². The quantitative estimate of drug-likeness (QED) is 0.861. The number of amides is 2. The molecule has 0 aromatic carbocycles. The van der Waals surface area contributed by atoms with Crippen molar-refractivity contribution in [1.29, 1.82) is 0 Å². The van der Waals surface area contributed by atoms with E-state index in [1.807, 2.05) is 31.2 Å². The van der Waals surface area contributed by atoms with Crippen LogP contribution in [0.15, 0.2) is 12.4 Å². The fourth-order valence-corrected chi connectivity index (χ4v) is 3.47. The number of carbonyl (C=O) groups excluding carboxylic acids is 1. The zero-order valence-corrected chi connectivity index (χ0v) is 12.4. The number of aryl methyl sites for hydroxylation is 1. The highest BCUT2D eigenvalue weighted by atomic mass is 32.2. The van der Waals surface area contributed by atoms with Crippen LogP contribution in [0.2, 0.25) is 0 Å². The monoisotopic (exact) mass is 282 g/mol. The summed E-state index contributed by atoms with van der Waals surface area (Å²) < 4.78 is 1.99. The Labute approximate surface area is 118 Å². The molecule has 1 aromatic rings. The minimum absolute atomic E-state index is 0.0717. The van der Waals surface area contributed by atoms with Crippen LogP contribution in [-0.4, -0.2) is 39.4 Å². The predicted molar refractivity (Wildman–Crippen MR) is 78.4 cm³/mol. The first kappa shape index (κ1) is 14.2. The van der Waals surface area contributed by atoms with Crippen LogP contribution in [0.25, 0.3) is 0 Å². The van der Waals surface area contributed by atoms with E-state index in [0.29, 0.717) is 6.54 Å². The van der Waals surface area contributed by atoms with Crippen LogP contribution in [0.4, 0.5) is 4.79 Å². The van der Waals surface area contributed by atoms with Crippen LogP contribution < -0.4 is 10.6 Å². The second-order valence-electron chi connectivity index (χ2n) is 5.28. The molecule has 2 rings (SSSR count). The minimum Gasteiger partial charge on any atom is -0.338 e. The highest BCUT2D eigenvalue weighted by Crippen LogP contribution is 2.36. The number of hydrogen-bond acceptors (Lipinski definition) is 3. The van der Waals surface area contributed by atoms with E-state index < -0.39 is 0 Å². The lowest BCUT2D eigenvalue weighted by Crippen LogP contribution is -2.43. The number of carbonyl (C=O) groups is 1. The smallest absolute Gasteiger partial charge is 0.314 e. The molecule has 1 aliphatic rings. The Kier molecular flexibility index (Phi) is 4.74. The van der Waals surface area contributed by atoms with Gasteiger partial charge in [0.25, 0.3) is 0 Å². The molecular formula is C13H22N4OS. The van der Waals surface area contributed by atoms with Crippen molar-refractivity contribution in [3.63, 3.8) is 0 Å². The van der Waals surface area contributed by atoms with Gasteiger partial charge in [0, 0.05) is 31.1 Å². The molecule has 0 aliphatic carbocycles. The van der Waals surface area contributed by atoms with E-state index in [0.717, 1.165) is 18.5 Å². The van der Waals surface area contributed by atoms with Crippen molar-refractivity contribution in [3.05, 3.63) is 18.0 Å². The molecule has 1 aliphatic heterocycles. The Morgan fingerprint density at radius 2 is 2.42 bits per heavy atom. The molecule has 0 bridgehead atoms. The van der Waals surface area contributed by atoms with Crippen molar-refractivity contribution in [2.45, 2.75) is 30.9 Å². The van der Waals surface area contributed by atoms with Crippen molar-refractivity contribution in [1.82, 2.24) is 20.4 Å². The van der Waals surface area contributed by atoms with E-state index in [-0.39, 0.29) is 10.8 Å². The normalized spacial score (nSPS) is 22.4. The lowest BCUT2D eigenvalue weighted by atomic mass is 10.1. The third-order valence-corrected chi connectivity index (χ3v) is 4.92. The lowest BCUT2D eigenvalue weighted by Gasteiger charge is -2.22. The molecule has 5 nitrogen and oxygen atoms in total. The van der Waals surface area contributed by atoms with Gasteiger partial charge in [-0.3, -0.25) is 4.68 Å². The average Bonchev–Trinajstić information content (AvgIpc) is 2.97. The molecule has 1 saturated heterocycles. The maximum Gasteiger partial charge on any atom is 0.314 e. The van der Waals surface area contributed by atoms with E-state index in [4.69, 9.17) is 0 Å². The number of hydrogen-bond donors (Lipinski definition) is 2. The molecule has 1 aromatic heterocycles. The first-order chi connectivity index (χ1) is 9.07. The SMILES string of the molecule is Cn1cc(CCNC(=O)NC[C@@]2(C)CCCS2)cn1. The van der Waals surface area contributed by atoms with Gasteiger partial charge in [0.1, 0.15) is 0 Å². The van der Waals surface area contributed by atoms with Crippen LogP contribution in [-0.2, 0) is 13.5 Å². The van der Waals surface area contributed by atoms with Gasteiger partial charge in [-0.1, -0.05) is 0 Å². The molecule has 2 heterocycles. The van der Waals surface area contributed by atoms with Gasteiger partial charge in [-0.15, -0.1) is 0 Å². The molecule has 2 amide bonds. The average molecular weight is 282 g/mol. The van der Waals surface area contributed by atoms with Gasteiger partial charge in [0.05, 0.1) is 6.20 Å². The number of urea groups is 1. The maximum absolute atomic E-state index is 11.7. The Morgan fingerprint density at radius 3 is 3.05 bits per heavy atom. The summed E-state index contributed by atoms with van der Waals surface area (Å²) in [5, 5.41) is 9.95. The van der Waals surface area contributed by atoms with E-state index in [1.54, 1.807) is 4.68 Å². The van der Waals surface area contributed by atoms with Crippen LogP contribution in [0, 0.1) is 0 Å². The highest BCUT2D eigenvalue weighted by molar-refractivity contribution is 8.00. The lowest BCUT2D eigenvalue weighted by molar-refractivity contribution is 0.240. The molecule has 1 atom stereocenters. The minimum atomic E-state index is -0.0717. The van der Waals surface area contributed by atoms with Crippen molar-refractivity contribution >= 4 is 17.8 Å². The van der Waals surface area contributed by atoms with Gasteiger partial charge in [-0.2, -0.15) is 16.9 Å². The third kappa shape index (κ3) is 4.45. The van der Waals surface area contributed by atoms with Crippen molar-refractivity contribution in [2.24, 2.45) is 7.05 Å². The Balaban J connectivity index is 1.62. The fourth-order valence-electron chi connectivity index (χ4n) is 2.23. The van der Waals surface area contributed by atoms with Crippen LogP contribution in [0.3, 0.4) is 0 Å². The summed E-state index contributed by atoms with van der Waals surface area (Å²) in [5.41, 5.74) is 1.14. The van der Waals surface area contributed by atoms with E-state index >= 15 is 0 Å². The molecular weight excluding hydrogens is 260 g/mol. The van der Waals surface area contributed by atoms with Gasteiger partial charge in [0.15, 0.2) is 0 Å². The highest BCUT2D eigenvalue weighted by Gasteiger charge is 2.29.